The predicted molar refractivity (Wildman–Crippen MR) is 119 cm³/mol. The van der Waals surface area contributed by atoms with E-state index in [2.05, 4.69) is 0 Å². The van der Waals surface area contributed by atoms with E-state index in [1.54, 1.807) is 11.3 Å². The van der Waals surface area contributed by atoms with E-state index in [0.29, 0.717) is 12.2 Å². The largest absolute Gasteiger partial charge is 0.341 e. The van der Waals surface area contributed by atoms with Crippen LogP contribution >= 0.6 is 11.3 Å². The van der Waals surface area contributed by atoms with Crippen LogP contribution in [0.5, 0.6) is 0 Å². The number of benzene rings is 1. The Labute approximate surface area is 179 Å². The number of amides is 2. The molecule has 1 saturated heterocycles. The molecule has 6 nitrogen and oxygen atoms in total. The van der Waals surface area contributed by atoms with E-state index in [1.807, 2.05) is 57.3 Å². The van der Waals surface area contributed by atoms with Gasteiger partial charge in [-0.3, -0.25) is 9.59 Å². The number of carbonyl (C=O) groups is 2. The molecule has 2 aromatic heterocycles. The van der Waals surface area contributed by atoms with Crippen LogP contribution in [0.3, 0.4) is 0 Å². The third-order valence-corrected chi connectivity index (χ3v) is 6.73. The quantitative estimate of drug-likeness (QED) is 0.644. The number of fused-ring (bicyclic) bond motifs is 3. The summed E-state index contributed by atoms with van der Waals surface area (Å²) in [6, 6.07) is 13.9. The Balaban J connectivity index is 1.52. The summed E-state index contributed by atoms with van der Waals surface area (Å²) in [7, 11) is 0. The number of hydrogen-bond acceptors (Lipinski definition) is 4. The van der Waals surface area contributed by atoms with Crippen LogP contribution in [0.2, 0.25) is 0 Å². The van der Waals surface area contributed by atoms with Crippen molar-refractivity contribution in [2.75, 3.05) is 19.6 Å². The maximum atomic E-state index is 13.4. The molecule has 4 heterocycles. The molecule has 2 aliphatic heterocycles. The Hall–Kier alpha value is -2.93. The summed E-state index contributed by atoms with van der Waals surface area (Å²) < 4.78 is 3.10. The maximum Gasteiger partial charge on any atom is 0.291 e. The third-order valence-electron chi connectivity index (χ3n) is 5.88. The second-order valence-corrected chi connectivity index (χ2v) is 8.80. The molecular weight excluding hydrogens is 396 g/mol. The summed E-state index contributed by atoms with van der Waals surface area (Å²) in [5.74, 6) is -0.240. The fraction of sp³-hybridized carbons (Fsp3) is 0.348. The average molecular weight is 421 g/mol. The van der Waals surface area contributed by atoms with Crippen molar-refractivity contribution in [3.63, 3.8) is 0 Å². The molecule has 0 radical (unpaired) electrons. The molecule has 0 aliphatic carbocycles. The number of aromatic nitrogens is 1. The van der Waals surface area contributed by atoms with Crippen molar-refractivity contribution in [1.82, 2.24) is 14.5 Å². The van der Waals surface area contributed by atoms with Gasteiger partial charge in [0.05, 0.1) is 22.5 Å². The van der Waals surface area contributed by atoms with Crippen LogP contribution in [-0.2, 0) is 11.3 Å². The monoisotopic (exact) mass is 420 g/mol. The van der Waals surface area contributed by atoms with E-state index in [0.717, 1.165) is 60.3 Å². The van der Waals surface area contributed by atoms with Gasteiger partial charge in [-0.2, -0.15) is 5.10 Å². The number of nitrogens with zero attached hydrogens (tertiary/aromatic N) is 4. The lowest BCUT2D eigenvalue weighted by Gasteiger charge is -2.23. The van der Waals surface area contributed by atoms with E-state index >= 15 is 0 Å². The van der Waals surface area contributed by atoms with Crippen LogP contribution in [0, 0.1) is 0 Å². The first-order valence-corrected chi connectivity index (χ1v) is 11.4. The van der Waals surface area contributed by atoms with Gasteiger partial charge in [0.2, 0.25) is 5.91 Å². The number of rotatable bonds is 3. The smallest absolute Gasteiger partial charge is 0.291 e. The second-order valence-electron chi connectivity index (χ2n) is 7.86. The Kier molecular flexibility index (Phi) is 5.12. The van der Waals surface area contributed by atoms with Crippen LogP contribution in [0.15, 0.2) is 52.9 Å². The summed E-state index contributed by atoms with van der Waals surface area (Å²) >= 11 is 1.62. The SMILES string of the molecule is O=C(CN1N=C(c2ccccc2)Cn2c(cc3sccc32)C1=O)N1CCCCCC1. The molecule has 2 amide bonds. The number of hydrogen-bond donors (Lipinski definition) is 0. The topological polar surface area (TPSA) is 57.9 Å². The molecule has 2 aliphatic rings. The molecule has 0 bridgehead atoms. The number of likely N-dealkylation sites (tertiary alicyclic amines) is 1. The first-order valence-electron chi connectivity index (χ1n) is 10.5. The summed E-state index contributed by atoms with van der Waals surface area (Å²) in [6.45, 7) is 2.01. The molecule has 30 heavy (non-hydrogen) atoms. The average Bonchev–Trinajstić information content (AvgIpc) is 3.19. The lowest BCUT2D eigenvalue weighted by Crippen LogP contribution is -2.41. The molecule has 7 heteroatoms. The van der Waals surface area contributed by atoms with Crippen molar-refractivity contribution in [2.24, 2.45) is 5.10 Å². The highest BCUT2D eigenvalue weighted by Crippen LogP contribution is 2.28. The van der Waals surface area contributed by atoms with Gasteiger partial charge >= 0.3 is 0 Å². The van der Waals surface area contributed by atoms with Crippen LogP contribution in [0.4, 0.5) is 0 Å². The fourth-order valence-corrected chi connectivity index (χ4v) is 5.09. The van der Waals surface area contributed by atoms with Gasteiger partial charge in [-0.05, 0) is 35.9 Å². The minimum atomic E-state index is -0.215. The maximum absolute atomic E-state index is 13.4. The van der Waals surface area contributed by atoms with Crippen molar-refractivity contribution in [2.45, 2.75) is 32.2 Å². The van der Waals surface area contributed by atoms with Gasteiger partial charge < -0.3 is 9.47 Å². The van der Waals surface area contributed by atoms with E-state index < -0.39 is 0 Å². The number of carbonyl (C=O) groups excluding carboxylic acids is 2. The van der Waals surface area contributed by atoms with Crippen molar-refractivity contribution >= 4 is 39.1 Å². The zero-order valence-electron chi connectivity index (χ0n) is 16.8. The van der Waals surface area contributed by atoms with Gasteiger partial charge in [-0.15, -0.1) is 11.3 Å². The highest BCUT2D eigenvalue weighted by molar-refractivity contribution is 7.17. The van der Waals surface area contributed by atoms with Gasteiger partial charge in [0, 0.05) is 13.1 Å². The van der Waals surface area contributed by atoms with Crippen molar-refractivity contribution < 1.29 is 9.59 Å². The van der Waals surface area contributed by atoms with Crippen LogP contribution in [-0.4, -0.2) is 51.6 Å². The van der Waals surface area contributed by atoms with Crippen molar-refractivity contribution in [3.05, 3.63) is 59.1 Å². The second kappa shape index (κ2) is 8.07. The molecule has 0 unspecified atom stereocenters. The Morgan fingerprint density at radius 2 is 1.80 bits per heavy atom. The molecule has 0 saturated carbocycles. The van der Waals surface area contributed by atoms with Gasteiger partial charge in [-0.25, -0.2) is 5.01 Å². The van der Waals surface area contributed by atoms with Crippen LogP contribution in [0.25, 0.3) is 10.2 Å². The van der Waals surface area contributed by atoms with E-state index in [1.165, 1.54) is 5.01 Å². The third kappa shape index (κ3) is 3.54. The zero-order valence-corrected chi connectivity index (χ0v) is 17.6. The standard InChI is InChI=1S/C23H24N4O2S/c28-22(25-11-6-1-2-7-12-25)16-27-23(29)20-14-21-19(10-13-30-21)26(20)15-18(24-27)17-8-4-3-5-9-17/h3-5,8-10,13-14H,1-2,6-7,11-12,15-16H2. The van der Waals surface area contributed by atoms with Crippen molar-refractivity contribution in [3.8, 4) is 0 Å². The summed E-state index contributed by atoms with van der Waals surface area (Å²) in [6.07, 6.45) is 4.37. The first kappa shape index (κ1) is 19.1. The first-order chi connectivity index (χ1) is 14.7. The van der Waals surface area contributed by atoms with E-state index in [4.69, 9.17) is 5.10 Å². The molecule has 1 fully saturated rings. The Morgan fingerprint density at radius 1 is 1.03 bits per heavy atom. The lowest BCUT2D eigenvalue weighted by molar-refractivity contribution is -0.131. The molecule has 1 aromatic carbocycles. The molecule has 3 aromatic rings. The minimum Gasteiger partial charge on any atom is -0.341 e. The van der Waals surface area contributed by atoms with Gasteiger partial charge in [0.25, 0.3) is 5.91 Å². The highest BCUT2D eigenvalue weighted by Gasteiger charge is 2.29. The fourth-order valence-electron chi connectivity index (χ4n) is 4.26. The minimum absolute atomic E-state index is 0.0198. The van der Waals surface area contributed by atoms with Crippen LogP contribution < -0.4 is 0 Å². The molecule has 0 spiro atoms. The molecular formula is C23H24N4O2S. The predicted octanol–water partition coefficient (Wildman–Crippen LogP) is 3.97. The molecule has 0 N–H and O–H groups in total. The number of hydrazone groups is 1. The molecule has 0 atom stereocenters. The summed E-state index contributed by atoms with van der Waals surface area (Å²) in [5.41, 5.74) is 3.38. The number of thiophene rings is 1. The highest BCUT2D eigenvalue weighted by atomic mass is 32.1. The summed E-state index contributed by atoms with van der Waals surface area (Å²) in [4.78, 5) is 28.3. The van der Waals surface area contributed by atoms with Gasteiger partial charge in [-0.1, -0.05) is 43.2 Å². The Morgan fingerprint density at radius 3 is 2.57 bits per heavy atom. The van der Waals surface area contributed by atoms with Gasteiger partial charge in [0.1, 0.15) is 12.2 Å². The molecule has 5 rings (SSSR count). The van der Waals surface area contributed by atoms with Gasteiger partial charge in [0.15, 0.2) is 0 Å². The van der Waals surface area contributed by atoms with Crippen molar-refractivity contribution in [1.29, 1.82) is 0 Å². The normalized spacial score (nSPS) is 17.5. The molecule has 154 valence electrons. The van der Waals surface area contributed by atoms with E-state index in [-0.39, 0.29) is 18.4 Å². The summed E-state index contributed by atoms with van der Waals surface area (Å²) in [5, 5.41) is 8.11. The zero-order chi connectivity index (χ0) is 20.5. The van der Waals surface area contributed by atoms with E-state index in [9.17, 15) is 9.59 Å². The van der Waals surface area contributed by atoms with Crippen LogP contribution in [0.1, 0.15) is 41.7 Å². The Bertz CT molecular complexity index is 1110. The lowest BCUT2D eigenvalue weighted by atomic mass is 10.1.